The predicted molar refractivity (Wildman–Crippen MR) is 58.2 cm³/mol. The summed E-state index contributed by atoms with van der Waals surface area (Å²) in [5, 5.41) is 10.3. The maximum atomic E-state index is 9.37. The van der Waals surface area contributed by atoms with Crippen LogP contribution in [0.3, 0.4) is 0 Å². The SMILES string of the molecule is CCS(C)(C)[C@H]1CC[C@H](O)CC1. The van der Waals surface area contributed by atoms with Crippen LogP contribution in [0.25, 0.3) is 0 Å². The summed E-state index contributed by atoms with van der Waals surface area (Å²) in [6.07, 6.45) is 9.50. The smallest absolute Gasteiger partial charge is 0.0541 e. The standard InChI is InChI=1S/C10H22OS/c1-4-12(2,3)10-7-5-9(11)6-8-10/h9-11H,4-8H2,1-3H3/t9-,10-. The van der Waals surface area contributed by atoms with Crippen molar-refractivity contribution in [2.45, 2.75) is 44.0 Å². The van der Waals surface area contributed by atoms with E-state index in [1.807, 2.05) is 0 Å². The molecule has 1 rings (SSSR count). The van der Waals surface area contributed by atoms with Gasteiger partial charge in [-0.25, -0.2) is 10.0 Å². The molecule has 0 saturated heterocycles. The minimum Gasteiger partial charge on any atom is -0.393 e. The van der Waals surface area contributed by atoms with Crippen LogP contribution in [0.5, 0.6) is 0 Å². The molecule has 0 radical (unpaired) electrons. The molecule has 0 unspecified atom stereocenters. The van der Waals surface area contributed by atoms with Gasteiger partial charge in [-0.05, 0) is 49.2 Å². The highest BCUT2D eigenvalue weighted by Crippen LogP contribution is 2.50. The Kier molecular flexibility index (Phi) is 3.47. The molecule has 0 aromatic heterocycles. The second-order valence-corrected chi connectivity index (χ2v) is 8.83. The second-order valence-electron chi connectivity index (χ2n) is 4.34. The van der Waals surface area contributed by atoms with Crippen LogP contribution in [0, 0.1) is 0 Å². The normalized spacial score (nSPS) is 33.3. The lowest BCUT2D eigenvalue weighted by Gasteiger charge is -2.42. The van der Waals surface area contributed by atoms with E-state index in [-0.39, 0.29) is 16.1 Å². The first kappa shape index (κ1) is 10.4. The maximum Gasteiger partial charge on any atom is 0.0541 e. The molecule has 0 aliphatic heterocycles. The molecule has 74 valence electrons. The van der Waals surface area contributed by atoms with Gasteiger partial charge in [0.1, 0.15) is 0 Å². The van der Waals surface area contributed by atoms with Gasteiger partial charge in [0.25, 0.3) is 0 Å². The van der Waals surface area contributed by atoms with Crippen LogP contribution in [0.1, 0.15) is 32.6 Å². The van der Waals surface area contributed by atoms with E-state index in [0.29, 0.717) is 0 Å². The number of aliphatic hydroxyl groups is 1. The van der Waals surface area contributed by atoms with Crippen molar-refractivity contribution in [3.05, 3.63) is 0 Å². The van der Waals surface area contributed by atoms with Gasteiger partial charge in [0.15, 0.2) is 0 Å². The molecule has 0 atom stereocenters. The van der Waals surface area contributed by atoms with E-state index < -0.39 is 0 Å². The van der Waals surface area contributed by atoms with E-state index in [9.17, 15) is 5.11 Å². The van der Waals surface area contributed by atoms with Crippen molar-refractivity contribution in [2.24, 2.45) is 0 Å². The first-order valence-corrected chi connectivity index (χ1v) is 7.62. The summed E-state index contributed by atoms with van der Waals surface area (Å²) in [5.74, 6) is 1.34. The molecule has 1 aliphatic carbocycles. The van der Waals surface area contributed by atoms with Gasteiger partial charge >= 0.3 is 0 Å². The van der Waals surface area contributed by atoms with Crippen LogP contribution in [0.15, 0.2) is 0 Å². The second kappa shape index (κ2) is 4.01. The molecule has 1 fully saturated rings. The first-order valence-electron chi connectivity index (χ1n) is 4.94. The zero-order chi connectivity index (χ0) is 9.19. The molecular formula is C10H22OS. The van der Waals surface area contributed by atoms with Gasteiger partial charge in [-0.2, -0.15) is 0 Å². The summed E-state index contributed by atoms with van der Waals surface area (Å²) < 4.78 is 0. The third-order valence-electron chi connectivity index (χ3n) is 3.29. The molecule has 0 aromatic rings. The highest BCUT2D eigenvalue weighted by molar-refractivity contribution is 8.33. The van der Waals surface area contributed by atoms with Gasteiger partial charge in [0, 0.05) is 0 Å². The molecule has 0 amide bonds. The highest BCUT2D eigenvalue weighted by atomic mass is 32.3. The van der Waals surface area contributed by atoms with Gasteiger partial charge in [-0.1, -0.05) is 6.92 Å². The Morgan fingerprint density at radius 2 is 1.67 bits per heavy atom. The van der Waals surface area contributed by atoms with Gasteiger partial charge < -0.3 is 5.11 Å². The number of aliphatic hydroxyl groups excluding tert-OH is 1. The Morgan fingerprint density at radius 1 is 1.17 bits per heavy atom. The monoisotopic (exact) mass is 190 g/mol. The molecule has 0 spiro atoms. The molecular weight excluding hydrogens is 168 g/mol. The topological polar surface area (TPSA) is 20.2 Å². The Morgan fingerprint density at radius 3 is 2.08 bits per heavy atom. The largest absolute Gasteiger partial charge is 0.393 e. The van der Waals surface area contributed by atoms with Crippen LogP contribution in [0.2, 0.25) is 0 Å². The van der Waals surface area contributed by atoms with E-state index in [1.165, 1.54) is 18.6 Å². The molecule has 1 N–H and O–H groups in total. The zero-order valence-corrected chi connectivity index (χ0v) is 9.36. The van der Waals surface area contributed by atoms with Crippen molar-refractivity contribution in [1.29, 1.82) is 0 Å². The summed E-state index contributed by atoms with van der Waals surface area (Å²) >= 11 is 0. The predicted octanol–water partition coefficient (Wildman–Crippen LogP) is 2.37. The summed E-state index contributed by atoms with van der Waals surface area (Å²) in [6, 6.07) is 0. The molecule has 1 aliphatic rings. The van der Waals surface area contributed by atoms with Crippen molar-refractivity contribution >= 4 is 10.0 Å². The number of rotatable bonds is 2. The first-order chi connectivity index (χ1) is 5.56. The van der Waals surface area contributed by atoms with E-state index >= 15 is 0 Å². The van der Waals surface area contributed by atoms with Gasteiger partial charge in [0.2, 0.25) is 0 Å². The lowest BCUT2D eigenvalue weighted by Crippen LogP contribution is -2.27. The van der Waals surface area contributed by atoms with Crippen LogP contribution in [0.4, 0.5) is 0 Å². The fourth-order valence-electron chi connectivity index (χ4n) is 1.92. The molecule has 12 heavy (non-hydrogen) atoms. The van der Waals surface area contributed by atoms with Gasteiger partial charge in [0.05, 0.1) is 6.10 Å². The third-order valence-corrected chi connectivity index (χ3v) is 7.05. The molecule has 0 aromatic carbocycles. The van der Waals surface area contributed by atoms with Crippen molar-refractivity contribution in [1.82, 2.24) is 0 Å². The molecule has 1 nitrogen and oxygen atoms in total. The Labute approximate surface area is 77.9 Å². The Hall–Kier alpha value is 0.310. The fraction of sp³-hybridized carbons (Fsp3) is 1.00. The van der Waals surface area contributed by atoms with Crippen molar-refractivity contribution < 1.29 is 5.11 Å². The number of hydrogen-bond acceptors (Lipinski definition) is 1. The van der Waals surface area contributed by atoms with E-state index in [4.69, 9.17) is 0 Å². The van der Waals surface area contributed by atoms with E-state index in [0.717, 1.165) is 18.1 Å². The summed E-state index contributed by atoms with van der Waals surface area (Å²) in [5.41, 5.74) is 0. The van der Waals surface area contributed by atoms with Gasteiger partial charge in [-0.15, -0.1) is 0 Å². The highest BCUT2D eigenvalue weighted by Gasteiger charge is 2.27. The van der Waals surface area contributed by atoms with Gasteiger partial charge in [-0.3, -0.25) is 0 Å². The van der Waals surface area contributed by atoms with E-state index in [1.54, 1.807) is 0 Å². The maximum absolute atomic E-state index is 9.37. The van der Waals surface area contributed by atoms with Crippen molar-refractivity contribution in [2.75, 3.05) is 18.3 Å². The summed E-state index contributed by atoms with van der Waals surface area (Å²) in [4.78, 5) is 0. The average molecular weight is 190 g/mol. The third kappa shape index (κ3) is 2.40. The lowest BCUT2D eigenvalue weighted by atomic mass is 9.97. The quantitative estimate of drug-likeness (QED) is 0.709. The minimum atomic E-state index is -0.356. The molecule has 1 saturated carbocycles. The van der Waals surface area contributed by atoms with Crippen LogP contribution in [-0.4, -0.2) is 34.7 Å². The molecule has 0 heterocycles. The molecule has 0 bridgehead atoms. The lowest BCUT2D eigenvalue weighted by molar-refractivity contribution is 0.132. The van der Waals surface area contributed by atoms with Crippen LogP contribution in [-0.2, 0) is 0 Å². The Balaban J connectivity index is 2.44. The van der Waals surface area contributed by atoms with E-state index in [2.05, 4.69) is 19.4 Å². The molecule has 2 heteroatoms. The van der Waals surface area contributed by atoms with Crippen molar-refractivity contribution in [3.63, 3.8) is 0 Å². The zero-order valence-electron chi connectivity index (χ0n) is 8.55. The fourth-order valence-corrected chi connectivity index (χ4v) is 3.94. The minimum absolute atomic E-state index is 0.00769. The Bertz CT molecular complexity index is 137. The summed E-state index contributed by atoms with van der Waals surface area (Å²) in [6.45, 7) is 2.31. The van der Waals surface area contributed by atoms with Crippen LogP contribution < -0.4 is 0 Å². The number of hydrogen-bond donors (Lipinski definition) is 1. The van der Waals surface area contributed by atoms with Crippen molar-refractivity contribution in [3.8, 4) is 0 Å². The summed E-state index contributed by atoms with van der Waals surface area (Å²) in [7, 11) is -0.356. The average Bonchev–Trinajstić information content (AvgIpc) is 2.05. The van der Waals surface area contributed by atoms with Crippen LogP contribution >= 0.6 is 10.0 Å².